The molecule has 2 saturated carbocycles. The number of allylic oxidation sites excluding steroid dienone is 3. The summed E-state index contributed by atoms with van der Waals surface area (Å²) < 4.78 is 72.6. The zero-order valence-corrected chi connectivity index (χ0v) is 18.7. The van der Waals surface area contributed by atoms with Gasteiger partial charge in [0.05, 0.1) is 5.41 Å². The predicted molar refractivity (Wildman–Crippen MR) is 107 cm³/mol. The Labute approximate surface area is 181 Å². The SMILES string of the molecule is CC(=O)OC[C@]12CC[C@H]3[C@@H](CC=C4CCCC[C@@]43C)[C@@H]1CC=C2OS(=O)(=O)C(F)(F)F. The minimum atomic E-state index is -5.79. The molecule has 0 amide bonds. The minimum absolute atomic E-state index is 0.0798. The van der Waals surface area contributed by atoms with Gasteiger partial charge in [-0.2, -0.15) is 21.6 Å². The number of ether oxygens (including phenoxy) is 1. The molecule has 5 atom stereocenters. The van der Waals surface area contributed by atoms with Crippen molar-refractivity contribution in [1.82, 2.24) is 0 Å². The molecule has 0 unspecified atom stereocenters. The van der Waals surface area contributed by atoms with E-state index in [1.54, 1.807) is 0 Å². The van der Waals surface area contributed by atoms with Crippen molar-refractivity contribution in [3.63, 3.8) is 0 Å². The fraction of sp³-hybridized carbons (Fsp3) is 0.773. The maximum absolute atomic E-state index is 13.0. The van der Waals surface area contributed by atoms with Crippen molar-refractivity contribution in [2.75, 3.05) is 6.61 Å². The Morgan fingerprint density at radius 2 is 1.90 bits per heavy atom. The number of carbonyl (C=O) groups excluding carboxylic acids is 1. The van der Waals surface area contributed by atoms with E-state index in [9.17, 15) is 26.4 Å². The van der Waals surface area contributed by atoms with Crippen LogP contribution in [-0.4, -0.2) is 26.5 Å². The van der Waals surface area contributed by atoms with E-state index in [0.29, 0.717) is 18.8 Å². The number of halogens is 3. The van der Waals surface area contributed by atoms with E-state index in [-0.39, 0.29) is 29.6 Å². The smallest absolute Gasteiger partial charge is 0.465 e. The highest BCUT2D eigenvalue weighted by Gasteiger charge is 2.61. The number of rotatable bonds is 4. The van der Waals surface area contributed by atoms with Crippen LogP contribution < -0.4 is 0 Å². The van der Waals surface area contributed by atoms with Gasteiger partial charge in [-0.1, -0.05) is 25.0 Å². The molecule has 0 heterocycles. The van der Waals surface area contributed by atoms with Crippen molar-refractivity contribution >= 4 is 16.1 Å². The molecule has 0 aromatic heterocycles. The van der Waals surface area contributed by atoms with Crippen LogP contribution in [0.4, 0.5) is 13.2 Å². The molecule has 9 heteroatoms. The molecule has 0 aromatic carbocycles. The van der Waals surface area contributed by atoms with E-state index in [0.717, 1.165) is 32.1 Å². The van der Waals surface area contributed by atoms with Crippen LogP contribution in [0.5, 0.6) is 0 Å². The van der Waals surface area contributed by atoms with Crippen LogP contribution >= 0.6 is 0 Å². The summed E-state index contributed by atoms with van der Waals surface area (Å²) in [6.45, 7) is 3.38. The Kier molecular flexibility index (Phi) is 5.50. The first kappa shape index (κ1) is 22.7. The van der Waals surface area contributed by atoms with Crippen molar-refractivity contribution in [1.29, 1.82) is 0 Å². The number of alkyl halides is 3. The Balaban J connectivity index is 1.68. The molecule has 4 rings (SSSR count). The lowest BCUT2D eigenvalue weighted by atomic mass is 9.48. The van der Waals surface area contributed by atoms with Crippen molar-refractivity contribution in [2.45, 2.75) is 70.7 Å². The van der Waals surface area contributed by atoms with Gasteiger partial charge in [-0.3, -0.25) is 4.79 Å². The van der Waals surface area contributed by atoms with Gasteiger partial charge in [0.2, 0.25) is 0 Å². The largest absolute Gasteiger partial charge is 0.534 e. The summed E-state index contributed by atoms with van der Waals surface area (Å²) in [5.74, 6) is -0.318. The van der Waals surface area contributed by atoms with Crippen LogP contribution in [0.25, 0.3) is 0 Å². The van der Waals surface area contributed by atoms with Gasteiger partial charge in [0, 0.05) is 6.92 Å². The first-order chi connectivity index (χ1) is 14.4. The van der Waals surface area contributed by atoms with E-state index in [4.69, 9.17) is 4.74 Å². The highest BCUT2D eigenvalue weighted by Crippen LogP contribution is 2.65. The van der Waals surface area contributed by atoms with Crippen molar-refractivity contribution in [2.24, 2.45) is 28.6 Å². The topological polar surface area (TPSA) is 69.7 Å². The highest BCUT2D eigenvalue weighted by atomic mass is 32.2. The maximum Gasteiger partial charge on any atom is 0.534 e. The van der Waals surface area contributed by atoms with Gasteiger partial charge in [0.25, 0.3) is 0 Å². The lowest BCUT2D eigenvalue weighted by Gasteiger charge is -2.57. The summed E-state index contributed by atoms with van der Waals surface area (Å²) in [5, 5.41) is 0. The van der Waals surface area contributed by atoms with Gasteiger partial charge in [-0.15, -0.1) is 0 Å². The second-order valence-corrected chi connectivity index (χ2v) is 11.3. The third kappa shape index (κ3) is 3.60. The molecule has 0 saturated heterocycles. The second kappa shape index (κ2) is 7.52. The third-order valence-corrected chi connectivity index (χ3v) is 9.26. The molecule has 174 valence electrons. The van der Waals surface area contributed by atoms with Gasteiger partial charge in [-0.25, -0.2) is 0 Å². The standard InChI is InChI=1S/C22H29F3O5S/c1-14(26)29-13-21-12-10-17-16(7-6-15-5-3-4-11-20(15,17)2)18(21)8-9-19(21)30-31(27,28)22(23,24)25/h6,9,16-18H,3-5,7-8,10-13H2,1-2H3/t16-,17+,18+,20+,21-/m1/s1. The molecule has 0 bridgehead atoms. The zero-order chi connectivity index (χ0) is 22.7. The minimum Gasteiger partial charge on any atom is -0.465 e. The second-order valence-electron chi connectivity index (χ2n) is 9.73. The van der Waals surface area contributed by atoms with Crippen LogP contribution in [-0.2, 0) is 23.8 Å². The maximum atomic E-state index is 13.0. The Bertz CT molecular complexity index is 922. The van der Waals surface area contributed by atoms with Crippen LogP contribution in [0.3, 0.4) is 0 Å². The molecule has 4 aliphatic carbocycles. The number of carbonyl (C=O) groups is 1. The normalized spacial score (nSPS) is 37.6. The van der Waals surface area contributed by atoms with Crippen molar-refractivity contribution in [3.8, 4) is 0 Å². The fourth-order valence-electron chi connectivity index (χ4n) is 6.82. The average molecular weight is 463 g/mol. The fourth-order valence-corrected chi connectivity index (χ4v) is 7.38. The number of hydrogen-bond donors (Lipinski definition) is 0. The molecule has 31 heavy (non-hydrogen) atoms. The van der Waals surface area contributed by atoms with E-state index < -0.39 is 27.0 Å². The molecule has 4 aliphatic rings. The summed E-state index contributed by atoms with van der Waals surface area (Å²) in [6, 6.07) is 0. The van der Waals surface area contributed by atoms with E-state index in [1.807, 2.05) is 0 Å². The molecule has 0 N–H and O–H groups in total. The number of fused-ring (bicyclic) bond motifs is 5. The molecule has 0 spiro atoms. The monoisotopic (exact) mass is 462 g/mol. The molecule has 0 aromatic rings. The lowest BCUT2D eigenvalue weighted by molar-refractivity contribution is -0.149. The van der Waals surface area contributed by atoms with Gasteiger partial charge >= 0.3 is 21.6 Å². The zero-order valence-electron chi connectivity index (χ0n) is 17.8. The number of esters is 1. The van der Waals surface area contributed by atoms with Gasteiger partial charge in [0.1, 0.15) is 12.4 Å². The molecular weight excluding hydrogens is 433 g/mol. The van der Waals surface area contributed by atoms with Crippen LogP contribution in [0.1, 0.15) is 65.2 Å². The Morgan fingerprint density at radius 3 is 2.58 bits per heavy atom. The summed E-state index contributed by atoms with van der Waals surface area (Å²) in [5.41, 5.74) is -4.98. The first-order valence-electron chi connectivity index (χ1n) is 10.9. The van der Waals surface area contributed by atoms with E-state index >= 15 is 0 Å². The van der Waals surface area contributed by atoms with Crippen LogP contribution in [0.15, 0.2) is 23.5 Å². The summed E-state index contributed by atoms with van der Waals surface area (Å²) in [4.78, 5) is 11.6. The molecular formula is C22H29F3O5S. The van der Waals surface area contributed by atoms with Gasteiger partial charge in [0.15, 0.2) is 0 Å². The predicted octanol–water partition coefficient (Wildman–Crippen LogP) is 5.24. The molecule has 5 nitrogen and oxygen atoms in total. The number of hydrogen-bond acceptors (Lipinski definition) is 5. The first-order valence-corrected chi connectivity index (χ1v) is 12.4. The Hall–Kier alpha value is -1.51. The lowest BCUT2D eigenvalue weighted by Crippen LogP contribution is -2.51. The molecule has 0 radical (unpaired) electrons. The van der Waals surface area contributed by atoms with Crippen molar-refractivity contribution in [3.05, 3.63) is 23.5 Å². The van der Waals surface area contributed by atoms with Crippen LogP contribution in [0, 0.1) is 28.6 Å². The van der Waals surface area contributed by atoms with Crippen LogP contribution in [0.2, 0.25) is 0 Å². The quantitative estimate of drug-likeness (QED) is 0.247. The molecule has 0 aliphatic heterocycles. The summed E-state index contributed by atoms with van der Waals surface area (Å²) >= 11 is 0. The van der Waals surface area contributed by atoms with Gasteiger partial charge in [-0.05, 0) is 74.2 Å². The van der Waals surface area contributed by atoms with E-state index in [2.05, 4.69) is 17.2 Å². The Morgan fingerprint density at radius 1 is 1.16 bits per heavy atom. The summed E-state index contributed by atoms with van der Waals surface area (Å²) in [6.07, 6.45) is 10.7. The van der Waals surface area contributed by atoms with Crippen molar-refractivity contribution < 1.29 is 35.3 Å². The highest BCUT2D eigenvalue weighted by molar-refractivity contribution is 7.87. The average Bonchev–Trinajstić information content (AvgIpc) is 3.03. The summed E-state index contributed by atoms with van der Waals surface area (Å²) in [7, 11) is -5.79. The molecule has 2 fully saturated rings. The van der Waals surface area contributed by atoms with E-state index in [1.165, 1.54) is 25.0 Å². The third-order valence-electron chi connectivity index (χ3n) is 8.29. The van der Waals surface area contributed by atoms with Gasteiger partial charge < -0.3 is 8.92 Å².